The van der Waals surface area contributed by atoms with E-state index < -0.39 is 0 Å². The molecule has 1 saturated carbocycles. The first-order valence-electron chi connectivity index (χ1n) is 4.52. The first-order chi connectivity index (χ1) is 5.64. The molecule has 0 aromatic carbocycles. The van der Waals surface area contributed by atoms with Gasteiger partial charge in [-0.15, -0.1) is 0 Å². The average molecular weight is 168 g/mol. The lowest BCUT2D eigenvalue weighted by molar-refractivity contribution is -0.126. The van der Waals surface area contributed by atoms with Gasteiger partial charge < -0.3 is 5.11 Å². The first-order valence-corrected chi connectivity index (χ1v) is 4.52. The van der Waals surface area contributed by atoms with Gasteiger partial charge in [-0.1, -0.05) is 13.8 Å². The van der Waals surface area contributed by atoms with E-state index in [2.05, 4.69) is 0 Å². The van der Waals surface area contributed by atoms with Crippen molar-refractivity contribution >= 4 is 5.78 Å². The summed E-state index contributed by atoms with van der Waals surface area (Å²) in [6, 6.07) is 0. The average Bonchev–Trinajstić information content (AvgIpc) is 2.10. The van der Waals surface area contributed by atoms with Crippen molar-refractivity contribution in [2.75, 3.05) is 0 Å². The molecule has 2 heteroatoms. The fraction of sp³-hybridized carbons (Fsp3) is 0.700. The predicted molar refractivity (Wildman–Crippen MR) is 48.0 cm³/mol. The van der Waals surface area contributed by atoms with Crippen molar-refractivity contribution in [2.45, 2.75) is 39.5 Å². The number of aliphatic hydroxyl groups excluding tert-OH is 1. The number of hydrogen-bond acceptors (Lipinski definition) is 2. The third kappa shape index (κ3) is 1.38. The molecule has 0 bridgehead atoms. The van der Waals surface area contributed by atoms with Gasteiger partial charge in [-0.05, 0) is 25.7 Å². The lowest BCUT2D eigenvalue weighted by Gasteiger charge is -2.31. The van der Waals surface area contributed by atoms with Crippen LogP contribution in [-0.4, -0.2) is 10.9 Å². The van der Waals surface area contributed by atoms with Crippen LogP contribution in [0.4, 0.5) is 0 Å². The van der Waals surface area contributed by atoms with Crippen LogP contribution in [0.2, 0.25) is 0 Å². The van der Waals surface area contributed by atoms with Gasteiger partial charge in [-0.3, -0.25) is 4.79 Å². The third-order valence-electron chi connectivity index (χ3n) is 2.95. The quantitative estimate of drug-likeness (QED) is 0.482. The molecular weight excluding hydrogens is 152 g/mol. The van der Waals surface area contributed by atoms with Gasteiger partial charge in [0.05, 0.1) is 6.26 Å². The summed E-state index contributed by atoms with van der Waals surface area (Å²) in [4.78, 5) is 11.7. The minimum atomic E-state index is -0.215. The van der Waals surface area contributed by atoms with E-state index in [0.717, 1.165) is 31.9 Å². The summed E-state index contributed by atoms with van der Waals surface area (Å²) in [7, 11) is 0. The SMILES string of the molecule is CCC1(C)CCCC(=CO)C1=O. The fourth-order valence-electron chi connectivity index (χ4n) is 1.74. The topological polar surface area (TPSA) is 37.3 Å². The van der Waals surface area contributed by atoms with Crippen LogP contribution in [0.25, 0.3) is 0 Å². The minimum Gasteiger partial charge on any atom is -0.515 e. The number of hydrogen-bond donors (Lipinski definition) is 1. The Balaban J connectivity index is 2.87. The zero-order valence-corrected chi connectivity index (χ0v) is 7.76. The molecule has 1 fully saturated rings. The van der Waals surface area contributed by atoms with E-state index >= 15 is 0 Å². The second-order valence-corrected chi connectivity index (χ2v) is 3.75. The highest BCUT2D eigenvalue weighted by Crippen LogP contribution is 2.37. The van der Waals surface area contributed by atoms with Gasteiger partial charge in [0, 0.05) is 11.0 Å². The van der Waals surface area contributed by atoms with E-state index in [-0.39, 0.29) is 11.2 Å². The molecule has 1 N–H and O–H groups in total. The standard InChI is InChI=1S/C10H16O2/c1-3-10(2)6-4-5-8(7-11)9(10)12/h7,11H,3-6H2,1-2H3. The minimum absolute atomic E-state index is 0.138. The number of carbonyl (C=O) groups excluding carboxylic acids is 1. The molecule has 0 amide bonds. The molecule has 0 saturated heterocycles. The third-order valence-corrected chi connectivity index (χ3v) is 2.95. The largest absolute Gasteiger partial charge is 0.515 e. The zero-order valence-electron chi connectivity index (χ0n) is 7.76. The fourth-order valence-corrected chi connectivity index (χ4v) is 1.74. The Hall–Kier alpha value is -0.790. The van der Waals surface area contributed by atoms with Crippen LogP contribution < -0.4 is 0 Å². The summed E-state index contributed by atoms with van der Waals surface area (Å²) < 4.78 is 0. The van der Waals surface area contributed by atoms with Gasteiger partial charge in [0.1, 0.15) is 0 Å². The Morgan fingerprint density at radius 2 is 2.33 bits per heavy atom. The molecular formula is C10H16O2. The number of allylic oxidation sites excluding steroid dienone is 1. The summed E-state index contributed by atoms with van der Waals surface area (Å²) in [5.41, 5.74) is 0.387. The Kier molecular flexibility index (Phi) is 2.55. The summed E-state index contributed by atoms with van der Waals surface area (Å²) in [6.45, 7) is 4.01. The van der Waals surface area contributed by atoms with E-state index in [1.807, 2.05) is 13.8 Å². The molecule has 1 unspecified atom stereocenters. The van der Waals surface area contributed by atoms with Crippen molar-refractivity contribution in [3.63, 3.8) is 0 Å². The van der Waals surface area contributed by atoms with Crippen molar-refractivity contribution < 1.29 is 9.90 Å². The van der Waals surface area contributed by atoms with Crippen molar-refractivity contribution in [2.24, 2.45) is 5.41 Å². The molecule has 0 radical (unpaired) electrons. The van der Waals surface area contributed by atoms with Crippen LogP contribution in [-0.2, 0) is 4.79 Å². The van der Waals surface area contributed by atoms with Crippen molar-refractivity contribution in [3.05, 3.63) is 11.8 Å². The number of Topliss-reactive ketones (excluding diaryl/α,β-unsaturated/α-hetero) is 1. The van der Waals surface area contributed by atoms with Crippen LogP contribution in [0.1, 0.15) is 39.5 Å². The summed E-state index contributed by atoms with van der Waals surface area (Å²) in [5, 5.41) is 8.81. The zero-order chi connectivity index (χ0) is 9.19. The number of carbonyl (C=O) groups is 1. The molecule has 0 spiro atoms. The van der Waals surface area contributed by atoms with Gasteiger partial charge in [-0.2, -0.15) is 0 Å². The number of ketones is 1. The lowest BCUT2D eigenvalue weighted by Crippen LogP contribution is -2.32. The Labute approximate surface area is 73.3 Å². The summed E-state index contributed by atoms with van der Waals surface area (Å²) >= 11 is 0. The highest BCUT2D eigenvalue weighted by Gasteiger charge is 2.36. The molecule has 0 aromatic heterocycles. The summed E-state index contributed by atoms with van der Waals surface area (Å²) in [5.74, 6) is 0.138. The first kappa shape index (κ1) is 9.30. The number of aliphatic hydroxyl groups is 1. The van der Waals surface area contributed by atoms with E-state index in [9.17, 15) is 4.79 Å². The monoisotopic (exact) mass is 168 g/mol. The van der Waals surface area contributed by atoms with E-state index in [1.165, 1.54) is 0 Å². The molecule has 1 rings (SSSR count). The highest BCUT2D eigenvalue weighted by molar-refractivity contribution is 6.00. The summed E-state index contributed by atoms with van der Waals surface area (Å²) in [6.07, 6.45) is 4.56. The lowest BCUT2D eigenvalue weighted by atomic mass is 9.71. The smallest absolute Gasteiger partial charge is 0.167 e. The number of rotatable bonds is 1. The van der Waals surface area contributed by atoms with Crippen molar-refractivity contribution in [1.82, 2.24) is 0 Å². The van der Waals surface area contributed by atoms with Crippen LogP contribution in [0.5, 0.6) is 0 Å². The molecule has 0 aromatic rings. The Morgan fingerprint density at radius 3 is 2.83 bits per heavy atom. The predicted octanol–water partition coefficient (Wildman–Crippen LogP) is 2.60. The molecule has 2 nitrogen and oxygen atoms in total. The van der Waals surface area contributed by atoms with E-state index in [1.54, 1.807) is 0 Å². The Morgan fingerprint density at radius 1 is 1.67 bits per heavy atom. The van der Waals surface area contributed by atoms with Crippen LogP contribution in [0, 0.1) is 5.41 Å². The van der Waals surface area contributed by atoms with Gasteiger partial charge in [0.2, 0.25) is 0 Å². The van der Waals surface area contributed by atoms with E-state index in [4.69, 9.17) is 5.11 Å². The molecule has 1 aliphatic rings. The van der Waals surface area contributed by atoms with Crippen LogP contribution in [0.3, 0.4) is 0 Å². The molecule has 12 heavy (non-hydrogen) atoms. The molecule has 1 atom stereocenters. The second kappa shape index (κ2) is 3.30. The van der Waals surface area contributed by atoms with Gasteiger partial charge in [-0.25, -0.2) is 0 Å². The molecule has 1 aliphatic carbocycles. The maximum Gasteiger partial charge on any atom is 0.167 e. The molecule has 0 heterocycles. The maximum absolute atomic E-state index is 11.7. The van der Waals surface area contributed by atoms with Crippen LogP contribution in [0.15, 0.2) is 11.8 Å². The van der Waals surface area contributed by atoms with E-state index in [0.29, 0.717) is 5.57 Å². The van der Waals surface area contributed by atoms with Gasteiger partial charge in [0.15, 0.2) is 5.78 Å². The molecule has 0 aliphatic heterocycles. The van der Waals surface area contributed by atoms with Crippen LogP contribution >= 0.6 is 0 Å². The van der Waals surface area contributed by atoms with Crippen molar-refractivity contribution in [3.8, 4) is 0 Å². The van der Waals surface area contributed by atoms with Gasteiger partial charge in [0.25, 0.3) is 0 Å². The highest BCUT2D eigenvalue weighted by atomic mass is 16.2. The molecule has 68 valence electrons. The van der Waals surface area contributed by atoms with Crippen molar-refractivity contribution in [1.29, 1.82) is 0 Å². The Bertz CT molecular complexity index is 218. The second-order valence-electron chi connectivity index (χ2n) is 3.75. The maximum atomic E-state index is 11.7. The van der Waals surface area contributed by atoms with Gasteiger partial charge >= 0.3 is 0 Å². The normalized spacial score (nSPS) is 34.2.